The number of aliphatic imine (C=N–C) groups is 1. The van der Waals surface area contributed by atoms with Gasteiger partial charge in [-0.1, -0.05) is 47.7 Å². The first-order valence-electron chi connectivity index (χ1n) is 7.14. The van der Waals surface area contributed by atoms with Crippen molar-refractivity contribution in [3.05, 3.63) is 60.2 Å². The Balaban J connectivity index is 1.74. The van der Waals surface area contributed by atoms with Crippen LogP contribution >= 0.6 is 11.8 Å². The number of hydrogen-bond donors (Lipinski definition) is 1. The fraction of sp³-hybridized carbons (Fsp3) is 0.176. The maximum atomic E-state index is 12.4. The molecule has 0 atom stereocenters. The normalized spacial score (nSPS) is 16.0. The van der Waals surface area contributed by atoms with Gasteiger partial charge in [0.2, 0.25) is 0 Å². The van der Waals surface area contributed by atoms with Crippen LogP contribution in [0.3, 0.4) is 0 Å². The van der Waals surface area contributed by atoms with Crippen LogP contribution in [0, 0.1) is 6.92 Å². The van der Waals surface area contributed by atoms with Gasteiger partial charge in [0.1, 0.15) is 0 Å². The van der Waals surface area contributed by atoms with Crippen LogP contribution in [0.1, 0.15) is 5.56 Å². The first-order valence-corrected chi connectivity index (χ1v) is 8.13. The average Bonchev–Trinajstić information content (AvgIpc) is 2.99. The number of aryl methyl sites for hydroxylation is 1. The average molecular weight is 311 g/mol. The first kappa shape index (κ1) is 14.7. The number of hydrogen-bond acceptors (Lipinski definition) is 3. The van der Waals surface area contributed by atoms with Gasteiger partial charge in [-0.3, -0.25) is 4.90 Å². The first-order chi connectivity index (χ1) is 10.7. The summed E-state index contributed by atoms with van der Waals surface area (Å²) >= 11 is 1.60. The van der Waals surface area contributed by atoms with Gasteiger partial charge in [-0.05, 0) is 31.2 Å². The molecule has 22 heavy (non-hydrogen) atoms. The summed E-state index contributed by atoms with van der Waals surface area (Å²) < 4.78 is 0. The van der Waals surface area contributed by atoms with E-state index in [0.717, 1.165) is 22.3 Å². The third-order valence-electron chi connectivity index (χ3n) is 3.31. The molecule has 112 valence electrons. The Morgan fingerprint density at radius 3 is 2.59 bits per heavy atom. The van der Waals surface area contributed by atoms with E-state index in [0.29, 0.717) is 6.54 Å². The van der Waals surface area contributed by atoms with Crippen LogP contribution in [0.2, 0.25) is 0 Å². The van der Waals surface area contributed by atoms with E-state index in [1.54, 1.807) is 16.7 Å². The number of urea groups is 1. The summed E-state index contributed by atoms with van der Waals surface area (Å²) in [6, 6.07) is 17.3. The van der Waals surface area contributed by atoms with Crippen molar-refractivity contribution >= 4 is 34.3 Å². The molecule has 1 aliphatic rings. The van der Waals surface area contributed by atoms with E-state index < -0.39 is 0 Å². The molecule has 0 aromatic heterocycles. The summed E-state index contributed by atoms with van der Waals surface area (Å²) in [4.78, 5) is 18.7. The van der Waals surface area contributed by atoms with Gasteiger partial charge in [0.15, 0.2) is 5.17 Å². The van der Waals surface area contributed by atoms with E-state index in [-0.39, 0.29) is 6.03 Å². The molecule has 2 aromatic carbocycles. The minimum atomic E-state index is -0.136. The number of carbonyl (C=O) groups is 1. The predicted molar refractivity (Wildman–Crippen MR) is 92.9 cm³/mol. The predicted octanol–water partition coefficient (Wildman–Crippen LogP) is 4.26. The maximum absolute atomic E-state index is 12.4. The van der Waals surface area contributed by atoms with Crippen molar-refractivity contribution in [1.29, 1.82) is 0 Å². The van der Waals surface area contributed by atoms with Gasteiger partial charge in [-0.15, -0.1) is 0 Å². The summed E-state index contributed by atoms with van der Waals surface area (Å²) in [5.74, 6) is 0.868. The lowest BCUT2D eigenvalue weighted by atomic mass is 10.2. The van der Waals surface area contributed by atoms with E-state index in [1.807, 2.05) is 61.5 Å². The highest BCUT2D eigenvalue weighted by Gasteiger charge is 2.25. The zero-order chi connectivity index (χ0) is 15.4. The molecule has 4 nitrogen and oxygen atoms in total. The summed E-state index contributed by atoms with van der Waals surface area (Å²) in [6.07, 6.45) is 0. The minimum absolute atomic E-state index is 0.136. The second-order valence-corrected chi connectivity index (χ2v) is 6.09. The Hall–Kier alpha value is -2.27. The van der Waals surface area contributed by atoms with Crippen LogP contribution in [-0.4, -0.2) is 28.4 Å². The van der Waals surface area contributed by atoms with E-state index in [1.165, 1.54) is 5.56 Å². The minimum Gasteiger partial charge on any atom is -0.307 e. The highest BCUT2D eigenvalue weighted by atomic mass is 32.2. The number of benzene rings is 2. The number of anilines is 1. The third-order valence-corrected chi connectivity index (χ3v) is 4.26. The van der Waals surface area contributed by atoms with Crippen molar-refractivity contribution in [2.24, 2.45) is 4.99 Å². The second kappa shape index (κ2) is 6.66. The van der Waals surface area contributed by atoms with Gasteiger partial charge < -0.3 is 5.32 Å². The van der Waals surface area contributed by atoms with Gasteiger partial charge in [0.25, 0.3) is 0 Å². The van der Waals surface area contributed by atoms with Crippen molar-refractivity contribution in [3.63, 3.8) is 0 Å². The lowest BCUT2D eigenvalue weighted by Crippen LogP contribution is -2.35. The summed E-state index contributed by atoms with van der Waals surface area (Å²) in [5.41, 5.74) is 2.83. The molecule has 0 unspecified atom stereocenters. The van der Waals surface area contributed by atoms with Crippen molar-refractivity contribution in [2.45, 2.75) is 6.92 Å². The van der Waals surface area contributed by atoms with E-state index in [2.05, 4.69) is 10.3 Å². The smallest absolute Gasteiger partial charge is 0.307 e. The number of carbonyl (C=O) groups excluding carboxylic acids is 1. The Labute approximate surface area is 134 Å². The van der Waals surface area contributed by atoms with Gasteiger partial charge in [-0.25, -0.2) is 9.79 Å². The summed E-state index contributed by atoms with van der Waals surface area (Å²) in [7, 11) is 0. The van der Waals surface area contributed by atoms with E-state index >= 15 is 0 Å². The fourth-order valence-electron chi connectivity index (χ4n) is 2.12. The van der Waals surface area contributed by atoms with Crippen molar-refractivity contribution in [1.82, 2.24) is 4.90 Å². The highest BCUT2D eigenvalue weighted by molar-refractivity contribution is 8.14. The second-order valence-electron chi connectivity index (χ2n) is 5.03. The number of amidine groups is 1. The van der Waals surface area contributed by atoms with Gasteiger partial charge in [0.05, 0.1) is 5.69 Å². The van der Waals surface area contributed by atoms with Crippen LogP contribution in [0.4, 0.5) is 16.2 Å². The molecule has 5 heteroatoms. The Kier molecular flexibility index (Phi) is 4.44. The van der Waals surface area contributed by atoms with Crippen LogP contribution in [0.15, 0.2) is 59.6 Å². The molecule has 2 aromatic rings. The Morgan fingerprint density at radius 2 is 1.86 bits per heavy atom. The maximum Gasteiger partial charge on any atom is 0.327 e. The van der Waals surface area contributed by atoms with Gasteiger partial charge >= 0.3 is 6.03 Å². The molecule has 0 aliphatic carbocycles. The Bertz CT molecular complexity index is 683. The molecule has 1 aliphatic heterocycles. The molecule has 1 N–H and O–H groups in total. The highest BCUT2D eigenvalue weighted by Crippen LogP contribution is 2.23. The van der Waals surface area contributed by atoms with Crippen molar-refractivity contribution < 1.29 is 4.79 Å². The van der Waals surface area contributed by atoms with Crippen LogP contribution in [0.25, 0.3) is 0 Å². The lowest BCUT2D eigenvalue weighted by Gasteiger charge is -2.16. The van der Waals surface area contributed by atoms with E-state index in [4.69, 9.17) is 0 Å². The molecule has 2 amide bonds. The van der Waals surface area contributed by atoms with Crippen LogP contribution < -0.4 is 5.32 Å². The van der Waals surface area contributed by atoms with Crippen LogP contribution in [0.5, 0.6) is 0 Å². The van der Waals surface area contributed by atoms with E-state index in [9.17, 15) is 4.79 Å². The number of nitrogens with one attached hydrogen (secondary N) is 1. The molecular weight excluding hydrogens is 294 g/mol. The zero-order valence-corrected chi connectivity index (χ0v) is 13.1. The molecule has 0 bridgehead atoms. The molecule has 0 spiro atoms. The number of amides is 2. The van der Waals surface area contributed by atoms with Gasteiger partial charge in [0, 0.05) is 18.0 Å². The monoisotopic (exact) mass is 311 g/mol. The number of rotatable bonds is 2. The SMILES string of the molecule is Cc1ccc(NC(=O)N2CCSC2=Nc2ccccc2)cc1. The number of thioether (sulfide) groups is 1. The van der Waals surface area contributed by atoms with Gasteiger partial charge in [-0.2, -0.15) is 0 Å². The largest absolute Gasteiger partial charge is 0.327 e. The molecule has 0 radical (unpaired) electrons. The summed E-state index contributed by atoms with van der Waals surface area (Å²) in [6.45, 7) is 2.70. The molecule has 0 saturated carbocycles. The van der Waals surface area contributed by atoms with Crippen molar-refractivity contribution in [3.8, 4) is 0 Å². The molecular formula is C17H17N3OS. The topological polar surface area (TPSA) is 44.7 Å². The zero-order valence-electron chi connectivity index (χ0n) is 12.3. The van der Waals surface area contributed by atoms with Crippen LogP contribution in [-0.2, 0) is 0 Å². The lowest BCUT2D eigenvalue weighted by molar-refractivity contribution is 0.236. The Morgan fingerprint density at radius 1 is 1.14 bits per heavy atom. The number of para-hydroxylation sites is 1. The molecule has 1 fully saturated rings. The molecule has 1 heterocycles. The number of nitrogens with zero attached hydrogens (tertiary/aromatic N) is 2. The quantitative estimate of drug-likeness (QED) is 0.900. The molecule has 3 rings (SSSR count). The van der Waals surface area contributed by atoms with Crippen molar-refractivity contribution in [2.75, 3.05) is 17.6 Å². The third kappa shape index (κ3) is 3.49. The standard InChI is InChI=1S/C17H17N3OS/c1-13-7-9-15(10-8-13)18-16(21)20-11-12-22-17(20)19-14-5-3-2-4-6-14/h2-10H,11-12H2,1H3,(H,18,21). The summed E-state index contributed by atoms with van der Waals surface area (Å²) in [5, 5.41) is 3.67. The molecule has 1 saturated heterocycles. The fourth-order valence-corrected chi connectivity index (χ4v) is 3.08.